The monoisotopic (exact) mass is 530 g/mol. The van der Waals surface area contributed by atoms with Crippen LogP contribution in [0.3, 0.4) is 0 Å². The first kappa shape index (κ1) is 25.8. The highest BCUT2D eigenvalue weighted by Crippen LogP contribution is 2.70. The minimum absolute atomic E-state index is 0.127. The van der Waals surface area contributed by atoms with Crippen molar-refractivity contribution in [2.75, 3.05) is 17.7 Å². The van der Waals surface area contributed by atoms with Crippen LogP contribution in [0.5, 0.6) is 0 Å². The maximum Gasteiger partial charge on any atom is 0.421 e. The number of amides is 2. The molecule has 5 nitrogen and oxygen atoms in total. The normalized spacial score (nSPS) is 11.6. The fourth-order valence-electron chi connectivity index (χ4n) is 4.01. The van der Waals surface area contributed by atoms with Gasteiger partial charge in [0.2, 0.25) is 0 Å². The fourth-order valence-corrected chi connectivity index (χ4v) is 10.1. The van der Waals surface area contributed by atoms with Gasteiger partial charge in [-0.15, -0.1) is 0 Å². The van der Waals surface area contributed by atoms with Crippen LogP contribution in [0.2, 0.25) is 0 Å². The lowest BCUT2D eigenvalue weighted by atomic mass is 10.2. The minimum atomic E-state index is -1.69. The molecule has 0 fully saturated rings. The van der Waals surface area contributed by atoms with Gasteiger partial charge in [0.15, 0.2) is 0 Å². The van der Waals surface area contributed by atoms with E-state index in [0.717, 1.165) is 8.47 Å². The smallest absolute Gasteiger partial charge is 0.421 e. The number of imide groups is 1. The van der Waals surface area contributed by atoms with Crippen LogP contribution in [0.25, 0.3) is 5.41 Å². The molecular weight excluding hydrogens is 498 g/mol. The molecule has 1 rings (SSSR count). The maximum atomic E-state index is 13.5. The number of anilines is 1. The van der Waals surface area contributed by atoms with Crippen LogP contribution < -0.4 is 4.90 Å². The molecule has 1 aromatic carbocycles. The number of para-hydroxylation sites is 1. The summed E-state index contributed by atoms with van der Waals surface area (Å²) in [7, 11) is -1.69. The van der Waals surface area contributed by atoms with Gasteiger partial charge in [0.1, 0.15) is 0 Å². The van der Waals surface area contributed by atoms with Gasteiger partial charge in [0.25, 0.3) is 5.91 Å². The summed E-state index contributed by atoms with van der Waals surface area (Å²) in [4.78, 5) is 27.2. The summed E-state index contributed by atoms with van der Waals surface area (Å²) in [6.45, 7) is 14.9. The molecule has 0 heterocycles. The van der Waals surface area contributed by atoms with Crippen molar-refractivity contribution in [3.63, 3.8) is 0 Å². The van der Waals surface area contributed by atoms with Crippen molar-refractivity contribution in [1.29, 1.82) is 0 Å². The van der Waals surface area contributed by atoms with Crippen LogP contribution in [0.15, 0.2) is 29.8 Å². The summed E-state index contributed by atoms with van der Waals surface area (Å²) in [5.74, 6) is 1.55. The molecule has 0 aliphatic rings. The third-order valence-electron chi connectivity index (χ3n) is 5.46. The summed E-state index contributed by atoms with van der Waals surface area (Å²) >= 11 is 2.08. The highest BCUT2D eigenvalue weighted by atomic mass is 127. The first-order valence-electron chi connectivity index (χ1n) is 9.93. The van der Waals surface area contributed by atoms with Gasteiger partial charge in [-0.3, -0.25) is 10.7 Å². The van der Waals surface area contributed by atoms with Gasteiger partial charge in [0, 0.05) is 10.8 Å². The number of hydrogen-bond donors (Lipinski definition) is 0. The van der Waals surface area contributed by atoms with Crippen molar-refractivity contribution in [1.82, 2.24) is 0 Å². The maximum absolute atomic E-state index is 13.5. The quantitative estimate of drug-likeness (QED) is 0.174. The van der Waals surface area contributed by atoms with Gasteiger partial charge in [-0.2, -0.15) is 0 Å². The van der Waals surface area contributed by atoms with E-state index in [4.69, 9.17) is 4.74 Å². The van der Waals surface area contributed by atoms with E-state index < -0.39 is 19.3 Å². The average molecular weight is 530 g/mol. The lowest BCUT2D eigenvalue weighted by Gasteiger charge is -2.39. The molecule has 0 bridgehead atoms. The number of hydrogen-bond acceptors (Lipinski definition) is 3. The number of carbonyl (C=O) groups is 2. The molecule has 0 saturated heterocycles. The van der Waals surface area contributed by atoms with Crippen LogP contribution >= 0.6 is 29.9 Å². The lowest BCUT2D eigenvalue weighted by molar-refractivity contribution is -0.114. The van der Waals surface area contributed by atoms with Crippen molar-refractivity contribution < 1.29 is 14.3 Å². The number of carbonyl (C=O) groups excluding carboxylic acids is 2. The van der Waals surface area contributed by atoms with E-state index in [1.807, 2.05) is 12.1 Å². The van der Waals surface area contributed by atoms with Crippen molar-refractivity contribution in [2.45, 2.75) is 65.4 Å². The Hall–Kier alpha value is -1.23. The summed E-state index contributed by atoms with van der Waals surface area (Å²) < 4.78 is 5.89. The molecular formula is C22H32IN2O3P. The van der Waals surface area contributed by atoms with Crippen LogP contribution in [-0.2, 0) is 9.53 Å². The van der Waals surface area contributed by atoms with Gasteiger partial charge in [-0.1, -0.05) is 12.1 Å². The van der Waals surface area contributed by atoms with E-state index in [1.165, 1.54) is 0 Å². The van der Waals surface area contributed by atoms with Crippen LogP contribution in [0.1, 0.15) is 48.5 Å². The van der Waals surface area contributed by atoms with Gasteiger partial charge < -0.3 is 10.1 Å². The predicted octanol–water partition coefficient (Wildman–Crippen LogP) is 6.19. The fraction of sp³-hybridized carbons (Fsp3) is 0.545. The molecule has 0 atom stereocenters. The minimum Gasteiger partial charge on any atom is -0.763 e. The number of halogens is 1. The Balaban J connectivity index is 3.48. The van der Waals surface area contributed by atoms with Crippen LogP contribution in [-0.4, -0.2) is 47.6 Å². The molecule has 160 valence electrons. The van der Waals surface area contributed by atoms with Gasteiger partial charge in [0.05, 0.1) is 41.0 Å². The second-order valence-corrected chi connectivity index (χ2v) is 14.4. The second kappa shape index (κ2) is 11.2. The Morgan fingerprint density at radius 2 is 1.62 bits per heavy atom. The number of benzene rings is 1. The Morgan fingerprint density at radius 3 is 2.03 bits per heavy atom. The molecule has 29 heavy (non-hydrogen) atoms. The van der Waals surface area contributed by atoms with E-state index in [2.05, 4.69) is 70.0 Å². The first-order chi connectivity index (χ1) is 13.5. The van der Waals surface area contributed by atoms with E-state index in [0.29, 0.717) is 28.8 Å². The zero-order valence-electron chi connectivity index (χ0n) is 18.4. The van der Waals surface area contributed by atoms with E-state index in [9.17, 15) is 15.0 Å². The Bertz CT molecular complexity index is 764. The molecule has 2 amide bonds. The molecule has 0 aliphatic heterocycles. The molecule has 0 spiro atoms. The number of ether oxygens (including phenoxy) is 1. The Kier molecular flexibility index (Phi) is 10.0. The van der Waals surface area contributed by atoms with Gasteiger partial charge >= 0.3 is 6.09 Å². The first-order valence-corrected chi connectivity index (χ1v) is 13.2. The summed E-state index contributed by atoms with van der Waals surface area (Å²) in [5, 5.41) is 9.91. The Morgan fingerprint density at radius 1 is 1.10 bits per heavy atom. The van der Waals surface area contributed by atoms with Crippen LogP contribution in [0.4, 0.5) is 10.5 Å². The molecule has 1 aromatic rings. The summed E-state index contributed by atoms with van der Waals surface area (Å²) in [6, 6.07) is 7.11. The SMILES string of the molecule is CCOC(=O)N(C(=O)C(=C=[N-])C[P+](C(C)C)(C(C)C)C(C)C)c1ccccc1I. The van der Waals surface area contributed by atoms with Crippen molar-refractivity contribution in [2.24, 2.45) is 0 Å². The number of nitrogens with zero attached hydrogens (tertiary/aromatic N) is 2. The lowest BCUT2D eigenvalue weighted by Crippen LogP contribution is -2.41. The van der Waals surface area contributed by atoms with E-state index in [-0.39, 0.29) is 12.2 Å². The zero-order valence-corrected chi connectivity index (χ0v) is 21.5. The van der Waals surface area contributed by atoms with Crippen molar-refractivity contribution in [3.8, 4) is 0 Å². The van der Waals surface area contributed by atoms with Crippen molar-refractivity contribution >= 4 is 53.4 Å². The Labute approximate surface area is 189 Å². The highest BCUT2D eigenvalue weighted by molar-refractivity contribution is 14.1. The molecule has 0 saturated carbocycles. The predicted molar refractivity (Wildman–Crippen MR) is 133 cm³/mol. The zero-order chi connectivity index (χ0) is 22.4. The van der Waals surface area contributed by atoms with E-state index >= 15 is 0 Å². The second-order valence-electron chi connectivity index (χ2n) is 7.82. The third kappa shape index (κ3) is 5.68. The molecule has 0 radical (unpaired) electrons. The van der Waals surface area contributed by atoms with Crippen molar-refractivity contribution in [3.05, 3.63) is 38.8 Å². The standard InChI is InChI=1S/C22H32IN2O3P/c1-8-28-22(27)25(20-12-10-9-11-19(20)23)21(26)18(13-24)14-29(15(2)3,16(4)5)17(6)7/h9-12,15-17H,8,14H2,1-7H3. The average Bonchev–Trinajstić information content (AvgIpc) is 2.63. The topological polar surface area (TPSA) is 68.9 Å². The summed E-state index contributed by atoms with van der Waals surface area (Å²) in [5.41, 5.74) is 1.67. The molecule has 0 unspecified atom stereocenters. The largest absolute Gasteiger partial charge is 0.763 e. The van der Waals surface area contributed by atoms with Gasteiger partial charge in [-0.05, 0) is 83.2 Å². The highest BCUT2D eigenvalue weighted by Gasteiger charge is 2.49. The molecule has 0 aliphatic carbocycles. The van der Waals surface area contributed by atoms with Gasteiger partial charge in [-0.25, -0.2) is 9.69 Å². The molecule has 0 N–H and O–H groups in total. The molecule has 0 aromatic heterocycles. The molecule has 7 heteroatoms. The van der Waals surface area contributed by atoms with Crippen LogP contribution in [0, 0.1) is 3.57 Å². The third-order valence-corrected chi connectivity index (χ3v) is 13.0. The number of rotatable bonds is 8. The summed E-state index contributed by atoms with van der Waals surface area (Å²) in [6.07, 6.45) is -0.328. The van der Waals surface area contributed by atoms with E-state index in [1.54, 1.807) is 19.1 Å².